The number of hydrogen-bond donors (Lipinski definition) is 2. The number of carbonyl (C=O) groups excluding carboxylic acids is 1. The quantitative estimate of drug-likeness (QED) is 0.848. The first kappa shape index (κ1) is 13.0. The van der Waals surface area contributed by atoms with Gasteiger partial charge in [0.2, 0.25) is 5.91 Å². The topological polar surface area (TPSA) is 54.0 Å². The zero-order chi connectivity index (χ0) is 13.0. The number of amides is 1. The van der Waals surface area contributed by atoms with Gasteiger partial charge in [0, 0.05) is 18.4 Å². The fourth-order valence-corrected chi connectivity index (χ4v) is 2.42. The molecule has 98 valence electrons. The number of pyridine rings is 1. The van der Waals surface area contributed by atoms with E-state index in [1.165, 1.54) is 0 Å². The van der Waals surface area contributed by atoms with E-state index in [-0.39, 0.29) is 11.4 Å². The average Bonchev–Trinajstić information content (AvgIpc) is 2.88. The molecule has 1 aromatic rings. The third-order valence-electron chi connectivity index (χ3n) is 3.71. The molecule has 1 fully saturated rings. The molecule has 0 aliphatic carbocycles. The van der Waals surface area contributed by atoms with Crippen LogP contribution in [0.15, 0.2) is 18.3 Å². The van der Waals surface area contributed by atoms with Crippen LogP contribution in [-0.4, -0.2) is 23.0 Å². The van der Waals surface area contributed by atoms with Crippen LogP contribution in [0, 0.1) is 6.92 Å². The van der Waals surface area contributed by atoms with Gasteiger partial charge in [-0.2, -0.15) is 0 Å². The Balaban J connectivity index is 1.93. The Labute approximate surface area is 108 Å². The molecule has 0 aromatic carbocycles. The van der Waals surface area contributed by atoms with Crippen LogP contribution in [0.25, 0.3) is 0 Å². The number of rotatable bonds is 4. The maximum absolute atomic E-state index is 12.2. The molecule has 0 radical (unpaired) electrons. The molecule has 0 spiro atoms. The summed E-state index contributed by atoms with van der Waals surface area (Å²) in [7, 11) is 0. The summed E-state index contributed by atoms with van der Waals surface area (Å²) in [6, 6.07) is 3.97. The van der Waals surface area contributed by atoms with Crippen molar-refractivity contribution in [3.05, 3.63) is 29.6 Å². The highest BCUT2D eigenvalue weighted by Crippen LogP contribution is 2.23. The molecule has 2 rings (SSSR count). The Morgan fingerprint density at radius 3 is 2.94 bits per heavy atom. The van der Waals surface area contributed by atoms with Gasteiger partial charge in [-0.1, -0.05) is 13.0 Å². The molecule has 4 heteroatoms. The monoisotopic (exact) mass is 247 g/mol. The van der Waals surface area contributed by atoms with Gasteiger partial charge in [0.05, 0.1) is 5.54 Å². The number of hydrogen-bond acceptors (Lipinski definition) is 3. The second kappa shape index (κ2) is 5.48. The lowest BCUT2D eigenvalue weighted by Crippen LogP contribution is -2.52. The van der Waals surface area contributed by atoms with Gasteiger partial charge in [0.25, 0.3) is 0 Å². The number of aryl methyl sites for hydroxylation is 1. The molecular weight excluding hydrogens is 226 g/mol. The summed E-state index contributed by atoms with van der Waals surface area (Å²) in [5, 5.41) is 6.35. The van der Waals surface area contributed by atoms with E-state index in [4.69, 9.17) is 0 Å². The summed E-state index contributed by atoms with van der Waals surface area (Å²) in [6.45, 7) is 5.51. The molecule has 0 saturated carbocycles. The minimum Gasteiger partial charge on any atom is -0.350 e. The van der Waals surface area contributed by atoms with Gasteiger partial charge >= 0.3 is 0 Å². The van der Waals surface area contributed by atoms with Crippen LogP contribution in [0.1, 0.15) is 37.4 Å². The van der Waals surface area contributed by atoms with E-state index in [0.717, 1.165) is 37.1 Å². The van der Waals surface area contributed by atoms with Crippen molar-refractivity contribution in [2.24, 2.45) is 0 Å². The van der Waals surface area contributed by atoms with Crippen molar-refractivity contribution in [3.63, 3.8) is 0 Å². The number of aromatic nitrogens is 1. The van der Waals surface area contributed by atoms with Crippen LogP contribution >= 0.6 is 0 Å². The third-order valence-corrected chi connectivity index (χ3v) is 3.71. The van der Waals surface area contributed by atoms with Gasteiger partial charge in [-0.25, -0.2) is 0 Å². The van der Waals surface area contributed by atoms with Crippen molar-refractivity contribution in [2.45, 2.75) is 45.2 Å². The molecule has 2 N–H and O–H groups in total. The average molecular weight is 247 g/mol. The Kier molecular flexibility index (Phi) is 3.97. The lowest BCUT2D eigenvalue weighted by atomic mass is 9.93. The largest absolute Gasteiger partial charge is 0.350 e. The smallest absolute Gasteiger partial charge is 0.240 e. The molecule has 1 aliphatic rings. The van der Waals surface area contributed by atoms with Crippen LogP contribution in [0.3, 0.4) is 0 Å². The fraction of sp³-hybridized carbons (Fsp3) is 0.571. The predicted molar refractivity (Wildman–Crippen MR) is 71.1 cm³/mol. The summed E-state index contributed by atoms with van der Waals surface area (Å²) in [5.41, 5.74) is 1.68. The number of nitrogens with zero attached hydrogens (tertiary/aromatic N) is 1. The van der Waals surface area contributed by atoms with Crippen LogP contribution in [-0.2, 0) is 11.3 Å². The van der Waals surface area contributed by atoms with Crippen molar-refractivity contribution < 1.29 is 4.79 Å². The summed E-state index contributed by atoms with van der Waals surface area (Å²) >= 11 is 0. The van der Waals surface area contributed by atoms with Crippen LogP contribution in [0.2, 0.25) is 0 Å². The van der Waals surface area contributed by atoms with Gasteiger partial charge in [0.1, 0.15) is 0 Å². The molecular formula is C14H21N3O. The predicted octanol–water partition coefficient (Wildman–Crippen LogP) is 1.54. The van der Waals surface area contributed by atoms with Gasteiger partial charge in [0.15, 0.2) is 0 Å². The zero-order valence-electron chi connectivity index (χ0n) is 11.1. The number of carbonyl (C=O) groups is 1. The van der Waals surface area contributed by atoms with Crippen LogP contribution in [0.5, 0.6) is 0 Å². The van der Waals surface area contributed by atoms with Gasteiger partial charge in [-0.3, -0.25) is 9.78 Å². The van der Waals surface area contributed by atoms with Crippen LogP contribution < -0.4 is 10.6 Å². The van der Waals surface area contributed by atoms with E-state index < -0.39 is 0 Å². The summed E-state index contributed by atoms with van der Waals surface area (Å²) in [6.07, 6.45) is 4.66. The summed E-state index contributed by atoms with van der Waals surface area (Å²) in [4.78, 5) is 16.5. The third kappa shape index (κ3) is 2.70. The summed E-state index contributed by atoms with van der Waals surface area (Å²) < 4.78 is 0. The van der Waals surface area contributed by atoms with Gasteiger partial charge < -0.3 is 10.6 Å². The second-order valence-corrected chi connectivity index (χ2v) is 4.96. The summed E-state index contributed by atoms with van der Waals surface area (Å²) in [5.74, 6) is 0.114. The maximum atomic E-state index is 12.2. The Hall–Kier alpha value is -1.42. The first-order valence-corrected chi connectivity index (χ1v) is 6.61. The van der Waals surface area contributed by atoms with Gasteiger partial charge in [-0.15, -0.1) is 0 Å². The fourth-order valence-electron chi connectivity index (χ4n) is 2.42. The molecule has 1 unspecified atom stereocenters. The highest BCUT2D eigenvalue weighted by atomic mass is 16.2. The Morgan fingerprint density at radius 2 is 2.39 bits per heavy atom. The van der Waals surface area contributed by atoms with E-state index in [1.54, 1.807) is 0 Å². The lowest BCUT2D eigenvalue weighted by molar-refractivity contribution is -0.127. The van der Waals surface area contributed by atoms with E-state index in [9.17, 15) is 4.79 Å². The molecule has 0 bridgehead atoms. The molecule has 4 nitrogen and oxygen atoms in total. The molecule has 1 aromatic heterocycles. The first-order chi connectivity index (χ1) is 8.66. The minimum absolute atomic E-state index is 0.114. The van der Waals surface area contributed by atoms with Crippen molar-refractivity contribution >= 4 is 5.91 Å². The SMILES string of the molecule is CCC1(C(=O)NCc2ccc(C)nc2)CCCN1. The van der Waals surface area contributed by atoms with Crippen molar-refractivity contribution in [2.75, 3.05) is 6.54 Å². The second-order valence-electron chi connectivity index (χ2n) is 4.96. The van der Waals surface area contributed by atoms with E-state index in [0.29, 0.717) is 6.54 Å². The highest BCUT2D eigenvalue weighted by molar-refractivity contribution is 5.86. The van der Waals surface area contributed by atoms with Crippen molar-refractivity contribution in [1.29, 1.82) is 0 Å². The molecule has 2 heterocycles. The number of nitrogens with one attached hydrogen (secondary N) is 2. The van der Waals surface area contributed by atoms with E-state index in [2.05, 4.69) is 22.5 Å². The van der Waals surface area contributed by atoms with E-state index >= 15 is 0 Å². The maximum Gasteiger partial charge on any atom is 0.240 e. The molecule has 18 heavy (non-hydrogen) atoms. The standard InChI is InChI=1S/C14H21N3O/c1-3-14(7-4-8-17-14)13(18)16-10-12-6-5-11(2)15-9-12/h5-6,9,17H,3-4,7-8,10H2,1-2H3,(H,16,18). The van der Waals surface area contributed by atoms with Gasteiger partial charge in [-0.05, 0) is 44.4 Å². The first-order valence-electron chi connectivity index (χ1n) is 6.61. The Bertz CT molecular complexity index is 408. The normalized spacial score (nSPS) is 23.0. The van der Waals surface area contributed by atoms with E-state index in [1.807, 2.05) is 25.3 Å². The zero-order valence-corrected chi connectivity index (χ0v) is 11.1. The highest BCUT2D eigenvalue weighted by Gasteiger charge is 2.38. The minimum atomic E-state index is -0.349. The molecule has 1 saturated heterocycles. The van der Waals surface area contributed by atoms with Crippen LogP contribution in [0.4, 0.5) is 0 Å². The lowest BCUT2D eigenvalue weighted by Gasteiger charge is -2.26. The van der Waals surface area contributed by atoms with Crippen molar-refractivity contribution in [3.8, 4) is 0 Å². The molecule has 1 atom stereocenters. The molecule has 1 amide bonds. The Morgan fingerprint density at radius 1 is 1.56 bits per heavy atom. The van der Waals surface area contributed by atoms with Crippen molar-refractivity contribution in [1.82, 2.24) is 15.6 Å². The molecule has 1 aliphatic heterocycles.